The Labute approximate surface area is 94.3 Å². The zero-order chi connectivity index (χ0) is 12.2. The van der Waals surface area contributed by atoms with Crippen molar-refractivity contribution in [1.82, 2.24) is 0 Å². The van der Waals surface area contributed by atoms with Crippen molar-refractivity contribution in [2.24, 2.45) is 0 Å². The largest absolute Gasteiger partial charge is 0.451 e. The minimum Gasteiger partial charge on any atom is -0.320 e. The second kappa shape index (κ2) is 5.09. The second-order valence-electron chi connectivity index (χ2n) is 3.05. The Morgan fingerprint density at radius 1 is 1.25 bits per heavy atom. The molecule has 1 aromatic rings. The van der Waals surface area contributed by atoms with E-state index in [-0.39, 0.29) is 12.2 Å². The molecular weight excluding hydrogens is 232 g/mol. The Hall–Kier alpha value is -1.40. The van der Waals surface area contributed by atoms with Gasteiger partial charge in [0.1, 0.15) is 0 Å². The van der Waals surface area contributed by atoms with Crippen molar-refractivity contribution < 1.29 is 21.6 Å². The monoisotopic (exact) mass is 244 g/mol. The summed E-state index contributed by atoms with van der Waals surface area (Å²) in [4.78, 5) is 11.4. The van der Waals surface area contributed by atoms with Gasteiger partial charge in [0.05, 0.1) is 12.2 Å². The quantitative estimate of drug-likeness (QED) is 0.801. The average molecular weight is 244 g/mol. The normalized spacial score (nSPS) is 11.1. The van der Waals surface area contributed by atoms with Crippen molar-refractivity contribution in [3.05, 3.63) is 35.4 Å². The Morgan fingerprint density at radius 3 is 2.31 bits per heavy atom. The number of aryl methyl sites for hydroxylation is 1. The molecule has 0 heterocycles. The molecule has 0 saturated carbocycles. The van der Waals surface area contributed by atoms with E-state index < -0.39 is 16.4 Å². The molecule has 0 aliphatic rings. The molecule has 0 atom stereocenters. The third kappa shape index (κ3) is 3.63. The first kappa shape index (κ1) is 12.7. The first-order chi connectivity index (χ1) is 7.44. The van der Waals surface area contributed by atoms with Gasteiger partial charge < -0.3 is 4.18 Å². The predicted molar refractivity (Wildman–Crippen MR) is 57.1 cm³/mol. The van der Waals surface area contributed by atoms with E-state index in [4.69, 9.17) is 0 Å². The highest BCUT2D eigenvalue weighted by Gasteiger charge is 2.18. The van der Waals surface area contributed by atoms with E-state index in [1.165, 1.54) is 19.1 Å². The number of benzene rings is 1. The standard InChI is InChI=1S/C10H12O5S/c1-3-14-16(12,13)15-10(11)9-6-4-8(2)5-7-9/h4-7H,3H2,1-2H3. The topological polar surface area (TPSA) is 69.7 Å². The van der Waals surface area contributed by atoms with E-state index in [0.29, 0.717) is 0 Å². The summed E-state index contributed by atoms with van der Waals surface area (Å²) in [5.41, 5.74) is 1.12. The molecule has 0 N–H and O–H groups in total. The SMILES string of the molecule is CCOS(=O)(=O)OC(=O)c1ccc(C)cc1. The fourth-order valence-electron chi connectivity index (χ4n) is 0.999. The smallest absolute Gasteiger partial charge is 0.320 e. The van der Waals surface area contributed by atoms with Crippen LogP contribution in [0.25, 0.3) is 0 Å². The van der Waals surface area contributed by atoms with E-state index in [2.05, 4.69) is 8.37 Å². The highest BCUT2D eigenvalue weighted by molar-refractivity contribution is 7.82. The van der Waals surface area contributed by atoms with Gasteiger partial charge in [-0.3, -0.25) is 0 Å². The zero-order valence-corrected chi connectivity index (χ0v) is 9.78. The van der Waals surface area contributed by atoms with Crippen LogP contribution < -0.4 is 0 Å². The second-order valence-corrected chi connectivity index (χ2v) is 4.27. The van der Waals surface area contributed by atoms with Gasteiger partial charge in [0, 0.05) is 0 Å². The lowest BCUT2D eigenvalue weighted by molar-refractivity contribution is 0.0714. The summed E-state index contributed by atoms with van der Waals surface area (Å²) in [7, 11) is -4.24. The molecule has 0 unspecified atom stereocenters. The zero-order valence-electron chi connectivity index (χ0n) is 8.97. The molecule has 0 bridgehead atoms. The van der Waals surface area contributed by atoms with Crippen LogP contribution in [0.2, 0.25) is 0 Å². The van der Waals surface area contributed by atoms with Crippen LogP contribution in [0.1, 0.15) is 22.8 Å². The van der Waals surface area contributed by atoms with Crippen LogP contribution in [0.15, 0.2) is 24.3 Å². The van der Waals surface area contributed by atoms with Crippen molar-refractivity contribution in [3.8, 4) is 0 Å². The molecule has 6 heteroatoms. The highest BCUT2D eigenvalue weighted by atomic mass is 32.3. The Morgan fingerprint density at radius 2 is 1.81 bits per heavy atom. The van der Waals surface area contributed by atoms with E-state index in [9.17, 15) is 13.2 Å². The Kier molecular flexibility index (Phi) is 4.03. The lowest BCUT2D eigenvalue weighted by Gasteiger charge is -2.04. The van der Waals surface area contributed by atoms with Gasteiger partial charge in [-0.05, 0) is 26.0 Å². The summed E-state index contributed by atoms with van der Waals surface area (Å²) in [6.07, 6.45) is 0. The fraction of sp³-hybridized carbons (Fsp3) is 0.300. The van der Waals surface area contributed by atoms with Crippen LogP contribution in [-0.2, 0) is 18.8 Å². The van der Waals surface area contributed by atoms with Crippen LogP contribution in [0, 0.1) is 6.92 Å². The minimum absolute atomic E-state index is 0.0799. The molecule has 0 amide bonds. The predicted octanol–water partition coefficient (Wildman–Crippen LogP) is 1.43. The molecule has 0 radical (unpaired) electrons. The molecule has 0 saturated heterocycles. The van der Waals surface area contributed by atoms with Gasteiger partial charge >= 0.3 is 16.4 Å². The molecule has 1 aromatic carbocycles. The number of carbonyl (C=O) groups is 1. The van der Waals surface area contributed by atoms with E-state index >= 15 is 0 Å². The number of rotatable bonds is 4. The lowest BCUT2D eigenvalue weighted by atomic mass is 10.2. The van der Waals surface area contributed by atoms with E-state index in [1.54, 1.807) is 12.1 Å². The molecule has 5 nitrogen and oxygen atoms in total. The lowest BCUT2D eigenvalue weighted by Crippen LogP contribution is -2.15. The number of carbonyl (C=O) groups excluding carboxylic acids is 1. The molecule has 0 aliphatic heterocycles. The van der Waals surface area contributed by atoms with Gasteiger partial charge in [0.15, 0.2) is 0 Å². The third-order valence-electron chi connectivity index (χ3n) is 1.73. The van der Waals surface area contributed by atoms with Gasteiger partial charge in [-0.2, -0.15) is 8.42 Å². The summed E-state index contributed by atoms with van der Waals surface area (Å²) < 4.78 is 30.5. The number of hydrogen-bond donors (Lipinski definition) is 0. The minimum atomic E-state index is -4.24. The molecular formula is C10H12O5S. The summed E-state index contributed by atoms with van der Waals surface area (Å²) in [6.45, 7) is 3.26. The average Bonchev–Trinajstić information content (AvgIpc) is 2.17. The van der Waals surface area contributed by atoms with Crippen LogP contribution in [0.5, 0.6) is 0 Å². The van der Waals surface area contributed by atoms with E-state index in [1.807, 2.05) is 6.92 Å². The Balaban J connectivity index is 2.77. The van der Waals surface area contributed by atoms with Crippen LogP contribution in [0.4, 0.5) is 0 Å². The van der Waals surface area contributed by atoms with Gasteiger partial charge in [0.2, 0.25) is 0 Å². The molecule has 0 aliphatic carbocycles. The summed E-state index contributed by atoms with van der Waals surface area (Å²) >= 11 is 0. The van der Waals surface area contributed by atoms with Crippen LogP contribution >= 0.6 is 0 Å². The summed E-state index contributed by atoms with van der Waals surface area (Å²) in [5, 5.41) is 0. The Bertz CT molecular complexity index is 460. The van der Waals surface area contributed by atoms with E-state index in [0.717, 1.165) is 5.56 Å². The first-order valence-corrected chi connectivity index (χ1v) is 5.98. The molecule has 0 spiro atoms. The molecule has 0 fully saturated rings. The van der Waals surface area contributed by atoms with Gasteiger partial charge in [-0.15, -0.1) is 0 Å². The number of hydrogen-bond acceptors (Lipinski definition) is 5. The van der Waals surface area contributed by atoms with Crippen LogP contribution in [-0.4, -0.2) is 21.0 Å². The molecule has 88 valence electrons. The maximum atomic E-state index is 11.4. The third-order valence-corrected chi connectivity index (χ3v) is 2.61. The van der Waals surface area contributed by atoms with Crippen molar-refractivity contribution in [2.45, 2.75) is 13.8 Å². The molecule has 0 aromatic heterocycles. The molecule has 16 heavy (non-hydrogen) atoms. The maximum Gasteiger partial charge on any atom is 0.451 e. The van der Waals surface area contributed by atoms with Crippen molar-refractivity contribution in [2.75, 3.05) is 6.61 Å². The fourth-order valence-corrected chi connectivity index (χ4v) is 1.62. The van der Waals surface area contributed by atoms with Crippen LogP contribution in [0.3, 0.4) is 0 Å². The van der Waals surface area contributed by atoms with Gasteiger partial charge in [0.25, 0.3) is 0 Å². The van der Waals surface area contributed by atoms with Gasteiger partial charge in [-0.25, -0.2) is 8.98 Å². The van der Waals surface area contributed by atoms with Crippen molar-refractivity contribution in [3.63, 3.8) is 0 Å². The highest BCUT2D eigenvalue weighted by Crippen LogP contribution is 2.07. The summed E-state index contributed by atoms with van der Waals surface area (Å²) in [5.74, 6) is -0.951. The maximum absolute atomic E-state index is 11.4. The van der Waals surface area contributed by atoms with Crippen molar-refractivity contribution in [1.29, 1.82) is 0 Å². The molecule has 1 rings (SSSR count). The summed E-state index contributed by atoms with van der Waals surface area (Å²) in [6, 6.07) is 6.34. The van der Waals surface area contributed by atoms with Crippen molar-refractivity contribution >= 4 is 16.4 Å². The van der Waals surface area contributed by atoms with Gasteiger partial charge in [-0.1, -0.05) is 17.7 Å². The first-order valence-electron chi connectivity index (χ1n) is 4.64.